The van der Waals surface area contributed by atoms with Crippen LogP contribution in [-0.4, -0.2) is 26.2 Å². The van der Waals surface area contributed by atoms with Crippen LogP contribution in [0.25, 0.3) is 0 Å². The Morgan fingerprint density at radius 3 is 2.89 bits per heavy atom. The lowest BCUT2D eigenvalue weighted by molar-refractivity contribution is 0.429. The third-order valence-electron chi connectivity index (χ3n) is 4.09. The van der Waals surface area contributed by atoms with Crippen molar-refractivity contribution in [1.82, 2.24) is 10.6 Å². The molecule has 19 heavy (non-hydrogen) atoms. The fraction of sp³-hybridized carbons (Fsp3) is 0.625. The van der Waals surface area contributed by atoms with E-state index in [1.54, 1.807) is 0 Å². The summed E-state index contributed by atoms with van der Waals surface area (Å²) in [6.45, 7) is 11.3. The van der Waals surface area contributed by atoms with Crippen LogP contribution in [0.5, 0.6) is 0 Å². The van der Waals surface area contributed by atoms with Crippen LogP contribution in [0.4, 0.5) is 0 Å². The van der Waals surface area contributed by atoms with Gasteiger partial charge in [-0.3, -0.25) is 0 Å². The molecular weight excluding hydrogens is 300 g/mol. The van der Waals surface area contributed by atoms with Crippen molar-refractivity contribution in [1.29, 1.82) is 0 Å². The first kappa shape index (κ1) is 15.0. The van der Waals surface area contributed by atoms with E-state index in [9.17, 15) is 0 Å². The second-order valence-electron chi connectivity index (χ2n) is 6.33. The number of halogens is 1. The molecule has 1 unspecified atom stereocenters. The van der Waals surface area contributed by atoms with Crippen molar-refractivity contribution < 1.29 is 0 Å². The predicted molar refractivity (Wildman–Crippen MR) is 85.8 cm³/mol. The number of aryl methyl sites for hydroxylation is 1. The van der Waals surface area contributed by atoms with Gasteiger partial charge < -0.3 is 10.6 Å². The smallest absolute Gasteiger partial charge is 0.0178 e. The summed E-state index contributed by atoms with van der Waals surface area (Å²) < 4.78 is 1.17. The lowest BCUT2D eigenvalue weighted by atomic mass is 9.82. The largest absolute Gasteiger partial charge is 0.316 e. The van der Waals surface area contributed by atoms with Crippen LogP contribution in [0.1, 0.15) is 31.4 Å². The zero-order valence-electron chi connectivity index (χ0n) is 12.2. The van der Waals surface area contributed by atoms with Gasteiger partial charge in [0.1, 0.15) is 0 Å². The second-order valence-corrected chi connectivity index (χ2v) is 7.25. The Balaban J connectivity index is 1.94. The van der Waals surface area contributed by atoms with Gasteiger partial charge in [-0.2, -0.15) is 0 Å². The van der Waals surface area contributed by atoms with Crippen molar-refractivity contribution in [2.24, 2.45) is 5.92 Å². The molecule has 1 aromatic rings. The van der Waals surface area contributed by atoms with E-state index in [0.717, 1.165) is 19.0 Å². The number of benzene rings is 1. The third-order valence-corrected chi connectivity index (χ3v) is 4.58. The summed E-state index contributed by atoms with van der Waals surface area (Å²) in [7, 11) is 0. The van der Waals surface area contributed by atoms with E-state index in [-0.39, 0.29) is 5.41 Å². The maximum Gasteiger partial charge on any atom is 0.0178 e. The number of rotatable bonds is 5. The van der Waals surface area contributed by atoms with Crippen LogP contribution in [0.2, 0.25) is 0 Å². The fourth-order valence-electron chi connectivity index (χ4n) is 2.90. The second kappa shape index (κ2) is 6.38. The molecule has 2 nitrogen and oxygen atoms in total. The quantitative estimate of drug-likeness (QED) is 0.868. The van der Waals surface area contributed by atoms with Gasteiger partial charge in [0.2, 0.25) is 0 Å². The molecule has 3 heteroatoms. The van der Waals surface area contributed by atoms with Crippen LogP contribution in [-0.2, 0) is 5.41 Å². The Kier molecular flexibility index (Phi) is 5.04. The Labute approximate surface area is 125 Å². The van der Waals surface area contributed by atoms with Gasteiger partial charge >= 0.3 is 0 Å². The van der Waals surface area contributed by atoms with E-state index in [1.165, 1.54) is 35.1 Å². The lowest BCUT2D eigenvalue weighted by Gasteiger charge is -2.28. The lowest BCUT2D eigenvalue weighted by Crippen LogP contribution is -2.36. The summed E-state index contributed by atoms with van der Waals surface area (Å²) in [5.74, 6) is 0.805. The molecule has 0 spiro atoms. The molecule has 1 heterocycles. The average Bonchev–Trinajstić information content (AvgIpc) is 2.85. The van der Waals surface area contributed by atoms with Crippen molar-refractivity contribution in [3.63, 3.8) is 0 Å². The summed E-state index contributed by atoms with van der Waals surface area (Å²) in [5.41, 5.74) is 2.97. The minimum atomic E-state index is 0.167. The molecule has 1 aliphatic heterocycles. The molecule has 0 bridgehead atoms. The number of hydrogen-bond donors (Lipinski definition) is 2. The first-order valence-electron chi connectivity index (χ1n) is 7.17. The molecule has 1 aromatic carbocycles. The first-order valence-corrected chi connectivity index (χ1v) is 7.96. The summed E-state index contributed by atoms with van der Waals surface area (Å²) in [6, 6.07) is 6.57. The Morgan fingerprint density at radius 1 is 1.42 bits per heavy atom. The molecule has 1 atom stereocenters. The Morgan fingerprint density at radius 2 is 2.21 bits per heavy atom. The van der Waals surface area contributed by atoms with Crippen molar-refractivity contribution in [2.45, 2.75) is 32.6 Å². The molecule has 106 valence electrons. The van der Waals surface area contributed by atoms with Crippen molar-refractivity contribution in [3.05, 3.63) is 33.8 Å². The van der Waals surface area contributed by atoms with Crippen molar-refractivity contribution >= 4 is 15.9 Å². The fourth-order valence-corrected chi connectivity index (χ4v) is 3.26. The monoisotopic (exact) mass is 324 g/mol. The van der Waals surface area contributed by atoms with Gasteiger partial charge in [-0.05, 0) is 62.2 Å². The van der Waals surface area contributed by atoms with E-state index >= 15 is 0 Å². The normalized spacial score (nSPS) is 19.9. The molecule has 1 aliphatic rings. The molecule has 0 saturated carbocycles. The summed E-state index contributed by atoms with van der Waals surface area (Å²) in [6.07, 6.45) is 1.31. The van der Waals surface area contributed by atoms with Gasteiger partial charge in [0.25, 0.3) is 0 Å². The highest BCUT2D eigenvalue weighted by atomic mass is 79.9. The third kappa shape index (κ3) is 4.04. The number of nitrogens with one attached hydrogen (secondary N) is 2. The van der Waals surface area contributed by atoms with E-state index in [4.69, 9.17) is 0 Å². The highest BCUT2D eigenvalue weighted by Gasteiger charge is 2.23. The van der Waals surface area contributed by atoms with Crippen LogP contribution in [0, 0.1) is 12.8 Å². The van der Waals surface area contributed by atoms with E-state index < -0.39 is 0 Å². The minimum absolute atomic E-state index is 0.167. The molecule has 1 saturated heterocycles. The van der Waals surface area contributed by atoms with E-state index in [2.05, 4.69) is 65.5 Å². The van der Waals surface area contributed by atoms with Gasteiger partial charge in [-0.1, -0.05) is 35.8 Å². The molecule has 0 radical (unpaired) electrons. The highest BCUT2D eigenvalue weighted by Crippen LogP contribution is 2.28. The van der Waals surface area contributed by atoms with Gasteiger partial charge in [0.05, 0.1) is 0 Å². The molecule has 0 aliphatic carbocycles. The Hall–Kier alpha value is -0.380. The van der Waals surface area contributed by atoms with Gasteiger partial charge in [0, 0.05) is 16.4 Å². The van der Waals surface area contributed by atoms with Crippen molar-refractivity contribution in [2.75, 3.05) is 26.2 Å². The molecule has 0 amide bonds. The van der Waals surface area contributed by atoms with Gasteiger partial charge in [-0.25, -0.2) is 0 Å². The maximum atomic E-state index is 3.66. The molecule has 1 fully saturated rings. The highest BCUT2D eigenvalue weighted by molar-refractivity contribution is 9.10. The van der Waals surface area contributed by atoms with Gasteiger partial charge in [0.15, 0.2) is 0 Å². The molecule has 2 rings (SSSR count). The topological polar surface area (TPSA) is 24.1 Å². The minimum Gasteiger partial charge on any atom is -0.316 e. The number of hydrogen-bond acceptors (Lipinski definition) is 2. The van der Waals surface area contributed by atoms with Crippen molar-refractivity contribution in [3.8, 4) is 0 Å². The zero-order valence-corrected chi connectivity index (χ0v) is 13.8. The Bertz CT molecular complexity index is 423. The van der Waals surface area contributed by atoms with E-state index in [1.807, 2.05) is 0 Å². The maximum absolute atomic E-state index is 3.66. The molecule has 2 N–H and O–H groups in total. The summed E-state index contributed by atoms with van der Waals surface area (Å²) in [4.78, 5) is 0. The SMILES string of the molecule is Cc1ccc(Br)cc1C(C)(C)CNCC1CCNC1. The first-order chi connectivity index (χ1) is 8.99. The van der Waals surface area contributed by atoms with Crippen LogP contribution < -0.4 is 10.6 Å². The van der Waals surface area contributed by atoms with Crippen LogP contribution in [0.15, 0.2) is 22.7 Å². The van der Waals surface area contributed by atoms with Crippen LogP contribution in [0.3, 0.4) is 0 Å². The standard InChI is InChI=1S/C16H25BrN2/c1-12-4-5-14(17)8-15(12)16(2,3)11-19-10-13-6-7-18-9-13/h4-5,8,13,18-19H,6-7,9-11H2,1-3H3. The summed E-state index contributed by atoms with van der Waals surface area (Å²) >= 11 is 3.58. The molecule has 0 aromatic heterocycles. The summed E-state index contributed by atoms with van der Waals surface area (Å²) in [5, 5.41) is 7.08. The predicted octanol–water partition coefficient (Wildman–Crippen LogP) is 3.23. The van der Waals surface area contributed by atoms with Gasteiger partial charge in [-0.15, -0.1) is 0 Å². The average molecular weight is 325 g/mol. The zero-order chi connectivity index (χ0) is 13.9. The van der Waals surface area contributed by atoms with E-state index in [0.29, 0.717) is 0 Å². The van der Waals surface area contributed by atoms with Crippen LogP contribution >= 0.6 is 15.9 Å². The molecular formula is C16H25BrN2.